The normalized spacial score (nSPS) is 27.2. The van der Waals surface area contributed by atoms with Crippen molar-refractivity contribution in [1.29, 1.82) is 0 Å². The number of nitrogens with zero attached hydrogens (tertiary/aromatic N) is 1. The summed E-state index contributed by atoms with van der Waals surface area (Å²) in [6, 6.07) is 3.57. The lowest BCUT2D eigenvalue weighted by molar-refractivity contribution is 0.292. The molecule has 0 bridgehead atoms. The Hall–Kier alpha value is 0.0900. The van der Waals surface area contributed by atoms with Crippen LogP contribution >= 0.6 is 27.3 Å². The second-order valence-corrected chi connectivity index (χ2v) is 9.14. The molecule has 0 N–H and O–H groups in total. The van der Waals surface area contributed by atoms with E-state index in [9.17, 15) is 8.42 Å². The summed E-state index contributed by atoms with van der Waals surface area (Å²) in [5.74, 6) is 0.361. The molecular formula is C11H16BrNO2S2. The van der Waals surface area contributed by atoms with E-state index in [1.54, 1.807) is 10.4 Å². The Balaban J connectivity index is 2.22. The summed E-state index contributed by atoms with van der Waals surface area (Å²) < 4.78 is 26.8. The average molecular weight is 338 g/mol. The molecule has 2 atom stereocenters. The van der Waals surface area contributed by atoms with Gasteiger partial charge in [0.05, 0.1) is 0 Å². The molecule has 96 valence electrons. The van der Waals surface area contributed by atoms with Crippen LogP contribution in [-0.4, -0.2) is 30.6 Å². The van der Waals surface area contributed by atoms with E-state index >= 15 is 0 Å². The van der Waals surface area contributed by atoms with Gasteiger partial charge in [0.1, 0.15) is 4.21 Å². The Morgan fingerprint density at radius 1 is 1.47 bits per heavy atom. The molecule has 2 rings (SSSR count). The third-order valence-electron chi connectivity index (χ3n) is 3.07. The van der Waals surface area contributed by atoms with Gasteiger partial charge in [-0.1, -0.05) is 22.9 Å². The first-order chi connectivity index (χ1) is 7.91. The molecule has 0 radical (unpaired) electrons. The maximum atomic E-state index is 12.4. The van der Waals surface area contributed by atoms with E-state index in [2.05, 4.69) is 22.9 Å². The number of piperidine rings is 1. The Bertz CT molecular complexity index is 497. The second-order valence-electron chi connectivity index (χ2n) is 4.51. The Kier molecular flexibility index (Phi) is 3.97. The van der Waals surface area contributed by atoms with Crippen LogP contribution in [0.1, 0.15) is 18.2 Å². The zero-order valence-electron chi connectivity index (χ0n) is 9.89. The van der Waals surface area contributed by atoms with Gasteiger partial charge in [-0.25, -0.2) is 8.42 Å². The largest absolute Gasteiger partial charge is 0.252 e. The monoisotopic (exact) mass is 337 g/mol. The third-order valence-corrected chi connectivity index (χ3v) is 7.77. The van der Waals surface area contributed by atoms with Crippen LogP contribution in [0.3, 0.4) is 0 Å². The summed E-state index contributed by atoms with van der Waals surface area (Å²) in [7, 11) is -3.27. The van der Waals surface area contributed by atoms with Gasteiger partial charge in [-0.3, -0.25) is 0 Å². The topological polar surface area (TPSA) is 37.4 Å². The molecule has 0 amide bonds. The van der Waals surface area contributed by atoms with E-state index in [-0.39, 0.29) is 0 Å². The number of hydrogen-bond donors (Lipinski definition) is 0. The van der Waals surface area contributed by atoms with Crippen LogP contribution in [0.2, 0.25) is 0 Å². The molecule has 1 aliphatic heterocycles. The summed E-state index contributed by atoms with van der Waals surface area (Å²) in [4.78, 5) is 1.46. The highest BCUT2D eigenvalue weighted by atomic mass is 79.9. The van der Waals surface area contributed by atoms with Gasteiger partial charge in [-0.2, -0.15) is 4.31 Å². The maximum absolute atomic E-state index is 12.4. The third kappa shape index (κ3) is 2.75. The summed E-state index contributed by atoms with van der Waals surface area (Å²) in [6.45, 7) is 5.23. The lowest BCUT2D eigenvalue weighted by Gasteiger charge is -2.33. The van der Waals surface area contributed by atoms with Crippen molar-refractivity contribution in [2.75, 3.05) is 13.1 Å². The molecule has 3 nitrogen and oxygen atoms in total. The minimum atomic E-state index is -3.27. The molecule has 2 heterocycles. The molecule has 2 unspecified atom stereocenters. The Morgan fingerprint density at radius 3 is 2.71 bits per heavy atom. The van der Waals surface area contributed by atoms with E-state index in [1.807, 2.05) is 13.0 Å². The maximum Gasteiger partial charge on any atom is 0.252 e. The van der Waals surface area contributed by atoms with Crippen molar-refractivity contribution in [1.82, 2.24) is 4.31 Å². The summed E-state index contributed by atoms with van der Waals surface area (Å²) >= 11 is 4.94. The Morgan fingerprint density at radius 2 is 2.18 bits per heavy atom. The smallest absolute Gasteiger partial charge is 0.206 e. The molecule has 1 aromatic rings. The molecule has 1 saturated heterocycles. The first kappa shape index (κ1) is 13.5. The highest BCUT2D eigenvalue weighted by Crippen LogP contribution is 2.30. The Labute approximate surface area is 115 Å². The standard InChI is InChI=1S/C11H16BrNO2S2/c1-8-7-13(6-5-10(8)12)17(14,15)11-4-3-9(2)16-11/h3-4,8,10H,5-7H2,1-2H3. The lowest BCUT2D eigenvalue weighted by Crippen LogP contribution is -2.42. The minimum Gasteiger partial charge on any atom is -0.206 e. The fourth-order valence-electron chi connectivity index (χ4n) is 1.97. The second kappa shape index (κ2) is 4.99. The fourth-order valence-corrected chi connectivity index (χ4v) is 5.34. The number of sulfonamides is 1. The molecule has 1 aromatic heterocycles. The van der Waals surface area contributed by atoms with Crippen LogP contribution < -0.4 is 0 Å². The van der Waals surface area contributed by atoms with Crippen molar-refractivity contribution < 1.29 is 8.42 Å². The van der Waals surface area contributed by atoms with Gasteiger partial charge in [-0.05, 0) is 31.4 Å². The summed E-state index contributed by atoms with van der Waals surface area (Å²) in [6.07, 6.45) is 0.880. The predicted octanol–water partition coefficient (Wildman–Crippen LogP) is 2.85. The molecule has 1 fully saturated rings. The highest BCUT2D eigenvalue weighted by Gasteiger charge is 2.33. The first-order valence-corrected chi connectivity index (χ1v) is 8.79. The molecule has 0 aliphatic carbocycles. The number of aryl methyl sites for hydroxylation is 1. The van der Waals surface area contributed by atoms with Crippen molar-refractivity contribution in [2.24, 2.45) is 5.92 Å². The number of thiophene rings is 1. The number of halogens is 1. The summed E-state index contributed by atoms with van der Waals surface area (Å²) in [5.41, 5.74) is 0. The van der Waals surface area contributed by atoms with Crippen molar-refractivity contribution >= 4 is 37.3 Å². The molecule has 0 aromatic carbocycles. The van der Waals surface area contributed by atoms with Crippen molar-refractivity contribution in [3.8, 4) is 0 Å². The lowest BCUT2D eigenvalue weighted by atomic mass is 10.0. The number of alkyl halides is 1. The van der Waals surface area contributed by atoms with Crippen LogP contribution in [0, 0.1) is 12.8 Å². The van der Waals surface area contributed by atoms with E-state index in [1.165, 1.54) is 11.3 Å². The minimum absolute atomic E-state index is 0.361. The van der Waals surface area contributed by atoms with Crippen molar-refractivity contribution in [3.63, 3.8) is 0 Å². The van der Waals surface area contributed by atoms with E-state index in [0.717, 1.165) is 11.3 Å². The predicted molar refractivity (Wildman–Crippen MR) is 74.3 cm³/mol. The van der Waals surface area contributed by atoms with Crippen LogP contribution in [0.5, 0.6) is 0 Å². The number of hydrogen-bond acceptors (Lipinski definition) is 3. The molecule has 17 heavy (non-hydrogen) atoms. The zero-order chi connectivity index (χ0) is 12.6. The van der Waals surface area contributed by atoms with Gasteiger partial charge in [0.25, 0.3) is 10.0 Å². The molecule has 6 heteroatoms. The molecule has 0 spiro atoms. The molecule has 1 aliphatic rings. The van der Waals surface area contributed by atoms with Gasteiger partial charge in [0.2, 0.25) is 0 Å². The SMILES string of the molecule is Cc1ccc(S(=O)(=O)N2CCC(Br)C(C)C2)s1. The first-order valence-electron chi connectivity index (χ1n) is 5.62. The van der Waals surface area contributed by atoms with Crippen LogP contribution in [0.15, 0.2) is 16.3 Å². The van der Waals surface area contributed by atoms with E-state index < -0.39 is 10.0 Å². The van der Waals surface area contributed by atoms with Crippen LogP contribution in [-0.2, 0) is 10.0 Å². The van der Waals surface area contributed by atoms with Crippen LogP contribution in [0.25, 0.3) is 0 Å². The van der Waals surface area contributed by atoms with Crippen molar-refractivity contribution in [2.45, 2.75) is 29.3 Å². The fraction of sp³-hybridized carbons (Fsp3) is 0.636. The molecular weight excluding hydrogens is 322 g/mol. The van der Waals surface area contributed by atoms with E-state index in [4.69, 9.17) is 0 Å². The van der Waals surface area contributed by atoms with Gasteiger partial charge in [0.15, 0.2) is 0 Å². The van der Waals surface area contributed by atoms with Crippen molar-refractivity contribution in [3.05, 3.63) is 17.0 Å². The van der Waals surface area contributed by atoms with Gasteiger partial charge in [-0.15, -0.1) is 11.3 Å². The zero-order valence-corrected chi connectivity index (χ0v) is 13.1. The highest BCUT2D eigenvalue weighted by molar-refractivity contribution is 9.09. The summed E-state index contributed by atoms with van der Waals surface area (Å²) in [5, 5.41) is 0. The molecule has 0 saturated carbocycles. The van der Waals surface area contributed by atoms with E-state index in [0.29, 0.717) is 28.0 Å². The number of rotatable bonds is 2. The average Bonchev–Trinajstić information content (AvgIpc) is 2.69. The van der Waals surface area contributed by atoms with Gasteiger partial charge in [0, 0.05) is 22.8 Å². The quantitative estimate of drug-likeness (QED) is 0.778. The van der Waals surface area contributed by atoms with Crippen LogP contribution in [0.4, 0.5) is 0 Å². The van der Waals surface area contributed by atoms with Gasteiger partial charge < -0.3 is 0 Å². The van der Waals surface area contributed by atoms with Gasteiger partial charge >= 0.3 is 0 Å².